The lowest BCUT2D eigenvalue weighted by molar-refractivity contribution is 0.233. The Morgan fingerprint density at radius 3 is 2.70 bits per heavy atom. The highest BCUT2D eigenvalue weighted by Gasteiger charge is 1.98. The highest BCUT2D eigenvalue weighted by molar-refractivity contribution is 5.03. The molecule has 0 saturated heterocycles. The molecular weight excluding hydrogens is 128 g/mol. The lowest BCUT2D eigenvalue weighted by Crippen LogP contribution is -2.05. The molecule has 0 aliphatic carbocycles. The molecule has 0 amide bonds. The van der Waals surface area contributed by atoms with E-state index in [0.29, 0.717) is 5.88 Å². The summed E-state index contributed by atoms with van der Waals surface area (Å²) in [5.74, 6) is 0.692. The van der Waals surface area contributed by atoms with E-state index in [0.717, 1.165) is 0 Å². The van der Waals surface area contributed by atoms with Crippen LogP contribution < -0.4 is 4.74 Å². The van der Waals surface area contributed by atoms with Crippen molar-refractivity contribution in [3.8, 4) is 5.88 Å². The molecule has 10 heavy (non-hydrogen) atoms. The summed E-state index contributed by atoms with van der Waals surface area (Å²) < 4.78 is 7.16. The molecule has 1 aromatic rings. The van der Waals surface area contributed by atoms with Gasteiger partial charge in [-0.15, -0.1) is 0 Å². The number of ether oxygens (including phenoxy) is 1. The van der Waals surface area contributed by atoms with Crippen molar-refractivity contribution in [1.82, 2.24) is 9.55 Å². The molecule has 1 heterocycles. The lowest BCUT2D eigenvalue weighted by Gasteiger charge is -2.03. The summed E-state index contributed by atoms with van der Waals surface area (Å²) in [5, 5.41) is 0. The summed E-state index contributed by atoms with van der Waals surface area (Å²) in [6.45, 7) is 3.96. The molecule has 0 saturated carbocycles. The van der Waals surface area contributed by atoms with Crippen molar-refractivity contribution in [3.63, 3.8) is 0 Å². The molecule has 0 aliphatic heterocycles. The SMILES string of the molecule is CC(C)Oc1cn(C)cn1. The number of rotatable bonds is 2. The average Bonchev–Trinajstić information content (AvgIpc) is 2.13. The van der Waals surface area contributed by atoms with Gasteiger partial charge in [-0.2, -0.15) is 0 Å². The van der Waals surface area contributed by atoms with Crippen LogP contribution in [-0.2, 0) is 7.05 Å². The maximum Gasteiger partial charge on any atom is 0.231 e. The minimum atomic E-state index is 0.204. The fourth-order valence-corrected chi connectivity index (χ4v) is 0.691. The molecule has 0 spiro atoms. The van der Waals surface area contributed by atoms with Crippen LogP contribution in [0.5, 0.6) is 5.88 Å². The Balaban J connectivity index is 2.58. The smallest absolute Gasteiger partial charge is 0.231 e. The van der Waals surface area contributed by atoms with Gasteiger partial charge in [0.2, 0.25) is 5.88 Å². The first-order chi connectivity index (χ1) is 4.68. The second-order valence-corrected chi connectivity index (χ2v) is 2.54. The minimum Gasteiger partial charge on any atom is -0.474 e. The molecule has 1 aromatic heterocycles. The average molecular weight is 140 g/mol. The van der Waals surface area contributed by atoms with Gasteiger partial charge in [0.05, 0.1) is 18.6 Å². The van der Waals surface area contributed by atoms with E-state index in [4.69, 9.17) is 4.74 Å². The van der Waals surface area contributed by atoms with E-state index in [2.05, 4.69) is 4.98 Å². The van der Waals surface area contributed by atoms with Gasteiger partial charge in [-0.05, 0) is 13.8 Å². The second-order valence-electron chi connectivity index (χ2n) is 2.54. The molecule has 0 atom stereocenters. The fraction of sp³-hybridized carbons (Fsp3) is 0.571. The van der Waals surface area contributed by atoms with Crippen molar-refractivity contribution >= 4 is 0 Å². The van der Waals surface area contributed by atoms with Crippen LogP contribution in [0.4, 0.5) is 0 Å². The predicted octanol–water partition coefficient (Wildman–Crippen LogP) is 1.21. The van der Waals surface area contributed by atoms with Crippen molar-refractivity contribution in [1.29, 1.82) is 0 Å². The molecule has 3 heteroatoms. The molecule has 0 N–H and O–H groups in total. The Hall–Kier alpha value is -0.990. The minimum absolute atomic E-state index is 0.204. The summed E-state index contributed by atoms with van der Waals surface area (Å²) in [6.07, 6.45) is 3.77. The van der Waals surface area contributed by atoms with E-state index in [-0.39, 0.29) is 6.10 Å². The Bertz CT molecular complexity index is 205. The monoisotopic (exact) mass is 140 g/mol. The third kappa shape index (κ3) is 1.76. The van der Waals surface area contributed by atoms with Crippen LogP contribution in [0.1, 0.15) is 13.8 Å². The Morgan fingerprint density at radius 2 is 2.30 bits per heavy atom. The maximum atomic E-state index is 5.30. The summed E-state index contributed by atoms with van der Waals surface area (Å²) >= 11 is 0. The van der Waals surface area contributed by atoms with Crippen LogP contribution in [-0.4, -0.2) is 15.7 Å². The van der Waals surface area contributed by atoms with Crippen LogP contribution in [0.15, 0.2) is 12.5 Å². The largest absolute Gasteiger partial charge is 0.474 e. The molecule has 0 unspecified atom stereocenters. The van der Waals surface area contributed by atoms with Crippen molar-refractivity contribution in [2.45, 2.75) is 20.0 Å². The molecular formula is C7H12N2O. The molecule has 0 bridgehead atoms. The zero-order chi connectivity index (χ0) is 7.56. The molecule has 56 valence electrons. The van der Waals surface area contributed by atoms with Crippen molar-refractivity contribution in [3.05, 3.63) is 12.5 Å². The number of hydrogen-bond donors (Lipinski definition) is 0. The number of aromatic nitrogens is 2. The molecule has 0 fully saturated rings. The van der Waals surface area contributed by atoms with Crippen molar-refractivity contribution in [2.24, 2.45) is 7.05 Å². The van der Waals surface area contributed by atoms with E-state index < -0.39 is 0 Å². The standard InChI is InChI=1S/C7H12N2O/c1-6(2)10-7-4-9(3)5-8-7/h4-6H,1-3H3. The normalized spacial score (nSPS) is 10.4. The second kappa shape index (κ2) is 2.73. The Kier molecular flexibility index (Phi) is 1.94. The van der Waals surface area contributed by atoms with Crippen molar-refractivity contribution in [2.75, 3.05) is 0 Å². The van der Waals surface area contributed by atoms with E-state index in [1.165, 1.54) is 0 Å². The van der Waals surface area contributed by atoms with Crippen LogP contribution in [0.3, 0.4) is 0 Å². The van der Waals surface area contributed by atoms with Crippen molar-refractivity contribution < 1.29 is 4.74 Å². The zero-order valence-electron chi connectivity index (χ0n) is 6.53. The number of imidazole rings is 1. The molecule has 0 radical (unpaired) electrons. The first-order valence-corrected chi connectivity index (χ1v) is 3.33. The van der Waals surface area contributed by atoms with Crippen LogP contribution in [0.25, 0.3) is 0 Å². The summed E-state index contributed by atoms with van der Waals surface area (Å²) in [7, 11) is 1.92. The summed E-state index contributed by atoms with van der Waals surface area (Å²) in [4.78, 5) is 4.00. The highest BCUT2D eigenvalue weighted by atomic mass is 16.5. The fourth-order valence-electron chi connectivity index (χ4n) is 0.691. The van der Waals surface area contributed by atoms with Crippen LogP contribution >= 0.6 is 0 Å². The number of aryl methyl sites for hydroxylation is 1. The Morgan fingerprint density at radius 1 is 1.60 bits per heavy atom. The first-order valence-electron chi connectivity index (χ1n) is 3.33. The molecule has 0 aliphatic rings. The maximum absolute atomic E-state index is 5.30. The third-order valence-electron chi connectivity index (χ3n) is 1.04. The quantitative estimate of drug-likeness (QED) is 0.617. The van der Waals surface area contributed by atoms with E-state index in [9.17, 15) is 0 Å². The summed E-state index contributed by atoms with van der Waals surface area (Å²) in [5.41, 5.74) is 0. The van der Waals surface area contributed by atoms with E-state index in [1.807, 2.05) is 31.7 Å². The molecule has 0 aromatic carbocycles. The van der Waals surface area contributed by atoms with Gasteiger partial charge in [-0.1, -0.05) is 0 Å². The van der Waals surface area contributed by atoms with Gasteiger partial charge in [-0.25, -0.2) is 4.98 Å². The van der Waals surface area contributed by atoms with E-state index in [1.54, 1.807) is 6.33 Å². The topological polar surface area (TPSA) is 27.1 Å². The van der Waals surface area contributed by atoms with Gasteiger partial charge in [0.1, 0.15) is 0 Å². The lowest BCUT2D eigenvalue weighted by atomic mass is 10.5. The van der Waals surface area contributed by atoms with Gasteiger partial charge >= 0.3 is 0 Å². The molecule has 1 rings (SSSR count). The molecule has 3 nitrogen and oxygen atoms in total. The van der Waals surface area contributed by atoms with Gasteiger partial charge in [0.15, 0.2) is 0 Å². The van der Waals surface area contributed by atoms with Gasteiger partial charge in [0.25, 0.3) is 0 Å². The van der Waals surface area contributed by atoms with Gasteiger partial charge < -0.3 is 9.30 Å². The third-order valence-corrected chi connectivity index (χ3v) is 1.04. The van der Waals surface area contributed by atoms with E-state index >= 15 is 0 Å². The Labute approximate surface area is 60.6 Å². The zero-order valence-corrected chi connectivity index (χ0v) is 6.53. The van der Waals surface area contributed by atoms with Gasteiger partial charge in [-0.3, -0.25) is 0 Å². The highest BCUT2D eigenvalue weighted by Crippen LogP contribution is 2.05. The number of nitrogens with zero attached hydrogens (tertiary/aromatic N) is 2. The first kappa shape index (κ1) is 7.12. The summed E-state index contributed by atoms with van der Waals surface area (Å²) in [6, 6.07) is 0. The van der Waals surface area contributed by atoms with Gasteiger partial charge in [0, 0.05) is 7.05 Å². The number of hydrogen-bond acceptors (Lipinski definition) is 2. The van der Waals surface area contributed by atoms with Crippen LogP contribution in [0, 0.1) is 0 Å². The van der Waals surface area contributed by atoms with Crippen LogP contribution in [0.2, 0.25) is 0 Å². The predicted molar refractivity (Wildman–Crippen MR) is 39.0 cm³/mol.